The average molecular weight is 384 g/mol. The lowest BCUT2D eigenvalue weighted by Gasteiger charge is -2.15. The second-order valence-electron chi connectivity index (χ2n) is 5.89. The Bertz CT molecular complexity index is 846. The van der Waals surface area contributed by atoms with Crippen LogP contribution in [0.3, 0.4) is 0 Å². The standard InChI is InChI=1S/C21H24N2O5/c1-23(14-19(24)22-16-9-11-17(26-2)12-10-16)20(25)13-8-15-6-5-7-18(27-3)21(15)28-4/h5-13H,14H2,1-4H3,(H,22,24)/b13-8+. The van der Waals surface area contributed by atoms with Gasteiger partial charge in [0.2, 0.25) is 11.8 Å². The van der Waals surface area contributed by atoms with Gasteiger partial charge in [-0.1, -0.05) is 12.1 Å². The number of nitrogens with zero attached hydrogens (tertiary/aromatic N) is 1. The minimum Gasteiger partial charge on any atom is -0.497 e. The first-order valence-electron chi connectivity index (χ1n) is 8.56. The number of para-hydroxylation sites is 1. The minimum atomic E-state index is -0.310. The Morgan fingerprint density at radius 1 is 1.00 bits per heavy atom. The number of amides is 2. The van der Waals surface area contributed by atoms with Crippen LogP contribution in [0.2, 0.25) is 0 Å². The van der Waals surface area contributed by atoms with Gasteiger partial charge in [-0.05, 0) is 36.4 Å². The molecule has 0 heterocycles. The highest BCUT2D eigenvalue weighted by molar-refractivity contribution is 5.98. The van der Waals surface area contributed by atoms with Gasteiger partial charge >= 0.3 is 0 Å². The zero-order valence-electron chi connectivity index (χ0n) is 16.4. The number of anilines is 1. The smallest absolute Gasteiger partial charge is 0.246 e. The number of likely N-dealkylation sites (N-methyl/N-ethyl adjacent to an activating group) is 1. The third-order valence-electron chi connectivity index (χ3n) is 3.97. The maximum absolute atomic E-state index is 12.3. The molecule has 0 aliphatic heterocycles. The van der Waals surface area contributed by atoms with Crippen LogP contribution in [0.1, 0.15) is 5.56 Å². The molecule has 2 aromatic carbocycles. The summed E-state index contributed by atoms with van der Waals surface area (Å²) in [4.78, 5) is 25.8. The zero-order valence-corrected chi connectivity index (χ0v) is 16.4. The van der Waals surface area contributed by atoms with Crippen LogP contribution in [0.25, 0.3) is 6.08 Å². The maximum atomic E-state index is 12.3. The van der Waals surface area contributed by atoms with Crippen LogP contribution in [0.4, 0.5) is 5.69 Å². The summed E-state index contributed by atoms with van der Waals surface area (Å²) in [7, 11) is 6.21. The predicted octanol–water partition coefficient (Wildman–Crippen LogP) is 2.82. The van der Waals surface area contributed by atoms with Gasteiger partial charge in [0.25, 0.3) is 0 Å². The Balaban J connectivity index is 1.96. The lowest BCUT2D eigenvalue weighted by Crippen LogP contribution is -2.33. The number of hydrogen-bond donors (Lipinski definition) is 1. The van der Waals surface area contributed by atoms with Gasteiger partial charge in [-0.2, -0.15) is 0 Å². The van der Waals surface area contributed by atoms with E-state index in [1.165, 1.54) is 18.1 Å². The molecule has 0 aliphatic rings. The van der Waals surface area contributed by atoms with Crippen molar-refractivity contribution >= 4 is 23.6 Å². The van der Waals surface area contributed by atoms with Gasteiger partial charge in [0, 0.05) is 24.4 Å². The first-order valence-corrected chi connectivity index (χ1v) is 8.56. The van der Waals surface area contributed by atoms with E-state index in [0.717, 1.165) is 0 Å². The van der Waals surface area contributed by atoms with E-state index in [-0.39, 0.29) is 18.4 Å². The highest BCUT2D eigenvalue weighted by atomic mass is 16.5. The van der Waals surface area contributed by atoms with Crippen LogP contribution in [-0.2, 0) is 9.59 Å². The van der Waals surface area contributed by atoms with Crippen LogP contribution in [-0.4, -0.2) is 51.6 Å². The lowest BCUT2D eigenvalue weighted by atomic mass is 10.1. The summed E-state index contributed by atoms with van der Waals surface area (Å²) in [5.41, 5.74) is 1.33. The van der Waals surface area contributed by atoms with Crippen LogP contribution < -0.4 is 19.5 Å². The molecule has 28 heavy (non-hydrogen) atoms. The van der Waals surface area contributed by atoms with E-state index in [1.807, 2.05) is 6.07 Å². The molecule has 2 aromatic rings. The van der Waals surface area contributed by atoms with Gasteiger partial charge in [0.05, 0.1) is 27.9 Å². The van der Waals surface area contributed by atoms with E-state index in [4.69, 9.17) is 14.2 Å². The van der Waals surface area contributed by atoms with E-state index >= 15 is 0 Å². The van der Waals surface area contributed by atoms with Gasteiger partial charge in [-0.25, -0.2) is 0 Å². The monoisotopic (exact) mass is 384 g/mol. The molecule has 0 aliphatic carbocycles. The fourth-order valence-electron chi connectivity index (χ4n) is 2.50. The molecule has 0 saturated carbocycles. The molecule has 1 N–H and O–H groups in total. The molecule has 7 heteroatoms. The van der Waals surface area contributed by atoms with Gasteiger partial charge in [0.1, 0.15) is 5.75 Å². The molecule has 0 aromatic heterocycles. The quantitative estimate of drug-likeness (QED) is 0.708. The Hall–Kier alpha value is -3.48. The molecular formula is C21H24N2O5. The van der Waals surface area contributed by atoms with Crippen molar-refractivity contribution in [3.8, 4) is 17.2 Å². The number of carbonyl (C=O) groups is 2. The highest BCUT2D eigenvalue weighted by Crippen LogP contribution is 2.31. The minimum absolute atomic E-state index is 0.0789. The van der Waals surface area contributed by atoms with Gasteiger partial charge in [-0.3, -0.25) is 9.59 Å². The Labute approximate surface area is 164 Å². The third kappa shape index (κ3) is 5.51. The van der Waals surface area contributed by atoms with Gasteiger partial charge in [-0.15, -0.1) is 0 Å². The largest absolute Gasteiger partial charge is 0.497 e. The normalized spacial score (nSPS) is 10.4. The van der Waals surface area contributed by atoms with Crippen LogP contribution in [0, 0.1) is 0 Å². The van der Waals surface area contributed by atoms with Crippen molar-refractivity contribution in [2.24, 2.45) is 0 Å². The molecule has 148 valence electrons. The van der Waals surface area contributed by atoms with Crippen molar-refractivity contribution in [2.45, 2.75) is 0 Å². The Kier molecular flexibility index (Phi) is 7.45. The fourth-order valence-corrected chi connectivity index (χ4v) is 2.50. The van der Waals surface area contributed by atoms with E-state index in [1.54, 1.807) is 63.7 Å². The molecule has 0 bridgehead atoms. The average Bonchev–Trinajstić information content (AvgIpc) is 2.71. The number of methoxy groups -OCH3 is 3. The summed E-state index contributed by atoms with van der Waals surface area (Å²) in [6.45, 7) is -0.0789. The molecule has 2 rings (SSSR count). The van der Waals surface area contributed by atoms with Crippen LogP contribution in [0.5, 0.6) is 17.2 Å². The van der Waals surface area contributed by atoms with Crippen molar-refractivity contribution < 1.29 is 23.8 Å². The van der Waals surface area contributed by atoms with Crippen LogP contribution in [0.15, 0.2) is 48.5 Å². The van der Waals surface area contributed by atoms with E-state index in [0.29, 0.717) is 28.5 Å². The molecular weight excluding hydrogens is 360 g/mol. The number of ether oxygens (including phenoxy) is 3. The van der Waals surface area contributed by atoms with Gasteiger partial charge in [0.15, 0.2) is 11.5 Å². The topological polar surface area (TPSA) is 77.1 Å². The molecule has 0 unspecified atom stereocenters. The van der Waals surface area contributed by atoms with Crippen molar-refractivity contribution in [2.75, 3.05) is 40.2 Å². The second-order valence-corrected chi connectivity index (χ2v) is 5.89. The number of carbonyl (C=O) groups excluding carboxylic acids is 2. The SMILES string of the molecule is COc1ccc(NC(=O)CN(C)C(=O)/C=C/c2cccc(OC)c2OC)cc1. The first-order chi connectivity index (χ1) is 13.5. The van der Waals surface area contributed by atoms with E-state index in [2.05, 4.69) is 5.32 Å². The van der Waals surface area contributed by atoms with Crippen molar-refractivity contribution in [3.05, 3.63) is 54.1 Å². The Morgan fingerprint density at radius 3 is 2.32 bits per heavy atom. The van der Waals surface area contributed by atoms with Crippen LogP contribution >= 0.6 is 0 Å². The fraction of sp³-hybridized carbons (Fsp3) is 0.238. The van der Waals surface area contributed by atoms with Crippen molar-refractivity contribution in [1.82, 2.24) is 4.90 Å². The van der Waals surface area contributed by atoms with E-state index < -0.39 is 0 Å². The van der Waals surface area contributed by atoms with Crippen molar-refractivity contribution in [3.63, 3.8) is 0 Å². The summed E-state index contributed by atoms with van der Waals surface area (Å²) >= 11 is 0. The predicted molar refractivity (Wildman–Crippen MR) is 108 cm³/mol. The first kappa shape index (κ1) is 20.8. The van der Waals surface area contributed by atoms with Gasteiger partial charge < -0.3 is 24.4 Å². The highest BCUT2D eigenvalue weighted by Gasteiger charge is 2.12. The summed E-state index contributed by atoms with van der Waals surface area (Å²) < 4.78 is 15.6. The molecule has 0 radical (unpaired) electrons. The summed E-state index contributed by atoms with van der Waals surface area (Å²) in [5, 5.41) is 2.74. The summed E-state index contributed by atoms with van der Waals surface area (Å²) in [6.07, 6.45) is 3.01. The molecule has 0 saturated heterocycles. The molecule has 2 amide bonds. The molecule has 0 fully saturated rings. The zero-order chi connectivity index (χ0) is 20.5. The molecule has 7 nitrogen and oxygen atoms in total. The maximum Gasteiger partial charge on any atom is 0.246 e. The summed E-state index contributed by atoms with van der Waals surface area (Å²) in [5.74, 6) is 1.20. The number of rotatable bonds is 8. The lowest BCUT2D eigenvalue weighted by molar-refractivity contribution is -0.129. The Morgan fingerprint density at radius 2 is 1.71 bits per heavy atom. The van der Waals surface area contributed by atoms with E-state index in [9.17, 15) is 9.59 Å². The second kappa shape index (κ2) is 10.0. The number of hydrogen-bond acceptors (Lipinski definition) is 5. The summed E-state index contributed by atoms with van der Waals surface area (Å²) in [6, 6.07) is 12.3. The molecule has 0 atom stereocenters. The third-order valence-corrected chi connectivity index (χ3v) is 3.97. The van der Waals surface area contributed by atoms with Crippen molar-refractivity contribution in [1.29, 1.82) is 0 Å². The molecule has 0 spiro atoms. The number of nitrogens with one attached hydrogen (secondary N) is 1. The number of benzene rings is 2.